The molecule has 0 aromatic heterocycles. The van der Waals surface area contributed by atoms with Crippen LogP contribution >= 0.6 is 0 Å². The van der Waals surface area contributed by atoms with Gasteiger partial charge in [0.15, 0.2) is 0 Å². The minimum atomic E-state index is -0.842. The van der Waals surface area contributed by atoms with Crippen molar-refractivity contribution < 1.29 is 15.0 Å². The van der Waals surface area contributed by atoms with Gasteiger partial charge in [-0.2, -0.15) is 0 Å². The van der Waals surface area contributed by atoms with Crippen LogP contribution in [0.1, 0.15) is 6.42 Å². The average molecular weight is 146 g/mol. The van der Waals surface area contributed by atoms with Gasteiger partial charge in [0.05, 0.1) is 12.5 Å². The van der Waals surface area contributed by atoms with Crippen molar-refractivity contribution >= 4 is 5.97 Å². The second-order valence-electron chi connectivity index (χ2n) is 2.00. The molecule has 4 heteroatoms. The number of hydrogen-bond donors (Lipinski definition) is 3. The van der Waals surface area contributed by atoms with Crippen LogP contribution < -0.4 is 5.32 Å². The number of hydrogen-bond acceptors (Lipinski definition) is 3. The lowest BCUT2D eigenvalue weighted by Crippen LogP contribution is -2.26. The first kappa shape index (κ1) is 9.39. The Morgan fingerprint density at radius 3 is 2.70 bits per heavy atom. The Morgan fingerprint density at radius 2 is 2.30 bits per heavy atom. The van der Waals surface area contributed by atoms with Gasteiger partial charge in [-0.1, -0.05) is 0 Å². The Bertz CT molecular complexity index is 103. The van der Waals surface area contributed by atoms with Crippen molar-refractivity contribution in [3.05, 3.63) is 6.92 Å². The molecule has 1 atom stereocenters. The molecule has 1 unspecified atom stereocenters. The molecule has 3 N–H and O–H groups in total. The molecule has 0 rings (SSSR count). The molecule has 0 aliphatic heterocycles. The first-order valence-corrected chi connectivity index (χ1v) is 3.06. The van der Waals surface area contributed by atoms with E-state index in [1.54, 1.807) is 0 Å². The standard InChI is InChI=1S/C6H12NO3/c1-5(8)4-7-3-2-6(9)10/h5,7-8H,1-4H2,(H,9,10). The van der Waals surface area contributed by atoms with E-state index in [9.17, 15) is 4.79 Å². The predicted octanol–water partition coefficient (Wildman–Crippen LogP) is -0.754. The molecule has 59 valence electrons. The summed E-state index contributed by atoms with van der Waals surface area (Å²) in [4.78, 5) is 9.93. The summed E-state index contributed by atoms with van der Waals surface area (Å²) in [6, 6.07) is 0. The molecule has 0 aliphatic carbocycles. The SMILES string of the molecule is [CH2]C(O)CNCCC(=O)O. The molecule has 0 saturated heterocycles. The molecular formula is C6H12NO3. The Balaban J connectivity index is 2.98. The monoisotopic (exact) mass is 146 g/mol. The minimum Gasteiger partial charge on any atom is -0.481 e. The number of aliphatic hydroxyl groups is 1. The average Bonchev–Trinajstić information content (AvgIpc) is 1.79. The van der Waals surface area contributed by atoms with Crippen LogP contribution in [-0.4, -0.2) is 35.4 Å². The minimum absolute atomic E-state index is 0.0761. The fourth-order valence-electron chi connectivity index (χ4n) is 0.464. The number of aliphatic carboxylic acids is 1. The number of carboxylic acid groups (broad SMARTS) is 1. The summed E-state index contributed by atoms with van der Waals surface area (Å²) in [7, 11) is 0. The molecule has 10 heavy (non-hydrogen) atoms. The normalized spacial score (nSPS) is 13.0. The lowest BCUT2D eigenvalue weighted by molar-refractivity contribution is -0.136. The molecule has 1 radical (unpaired) electrons. The maximum absolute atomic E-state index is 9.93. The highest BCUT2D eigenvalue weighted by atomic mass is 16.4. The maximum atomic E-state index is 9.93. The number of carbonyl (C=O) groups is 1. The summed E-state index contributed by atoms with van der Waals surface area (Å²) in [6.45, 7) is 4.02. The van der Waals surface area contributed by atoms with Gasteiger partial charge < -0.3 is 15.5 Å². The van der Waals surface area contributed by atoms with Crippen LogP contribution in [0.2, 0.25) is 0 Å². The van der Waals surface area contributed by atoms with Crippen molar-refractivity contribution in [1.82, 2.24) is 5.32 Å². The van der Waals surface area contributed by atoms with E-state index in [2.05, 4.69) is 12.2 Å². The first-order chi connectivity index (χ1) is 4.63. The fraction of sp³-hybridized carbons (Fsp3) is 0.667. The Morgan fingerprint density at radius 1 is 1.70 bits per heavy atom. The zero-order valence-electron chi connectivity index (χ0n) is 5.71. The van der Waals surface area contributed by atoms with Crippen LogP contribution in [0.25, 0.3) is 0 Å². The molecule has 0 amide bonds. The van der Waals surface area contributed by atoms with Gasteiger partial charge in [-0.05, 0) is 6.92 Å². The second-order valence-corrected chi connectivity index (χ2v) is 2.00. The number of rotatable bonds is 5. The molecule has 0 heterocycles. The third-order valence-corrected chi connectivity index (χ3v) is 0.896. The van der Waals surface area contributed by atoms with E-state index in [-0.39, 0.29) is 6.42 Å². The van der Waals surface area contributed by atoms with E-state index in [1.807, 2.05) is 0 Å². The lowest BCUT2D eigenvalue weighted by atomic mass is 10.4. The molecule has 0 fully saturated rings. The van der Waals surface area contributed by atoms with E-state index in [0.29, 0.717) is 13.1 Å². The summed E-state index contributed by atoms with van der Waals surface area (Å²) in [5.74, 6) is -0.842. The highest BCUT2D eigenvalue weighted by molar-refractivity contribution is 5.66. The van der Waals surface area contributed by atoms with Crippen LogP contribution in [0, 0.1) is 6.92 Å². The largest absolute Gasteiger partial charge is 0.481 e. The van der Waals surface area contributed by atoms with Crippen LogP contribution in [0.5, 0.6) is 0 Å². The fourth-order valence-corrected chi connectivity index (χ4v) is 0.464. The molecular weight excluding hydrogens is 134 g/mol. The van der Waals surface area contributed by atoms with Crippen molar-refractivity contribution in [2.75, 3.05) is 13.1 Å². The Hall–Kier alpha value is -0.610. The van der Waals surface area contributed by atoms with Crippen LogP contribution in [0.3, 0.4) is 0 Å². The zero-order chi connectivity index (χ0) is 7.98. The third kappa shape index (κ3) is 7.39. The van der Waals surface area contributed by atoms with Crippen LogP contribution in [0.15, 0.2) is 0 Å². The van der Waals surface area contributed by atoms with Crippen LogP contribution in [-0.2, 0) is 4.79 Å². The van der Waals surface area contributed by atoms with Gasteiger partial charge in [-0.25, -0.2) is 0 Å². The van der Waals surface area contributed by atoms with Gasteiger partial charge in [-0.3, -0.25) is 4.79 Å². The number of carboxylic acids is 1. The number of nitrogens with one attached hydrogen (secondary N) is 1. The maximum Gasteiger partial charge on any atom is 0.304 e. The van der Waals surface area contributed by atoms with E-state index in [4.69, 9.17) is 10.2 Å². The molecule has 0 bridgehead atoms. The highest BCUT2D eigenvalue weighted by Crippen LogP contribution is 1.77. The summed E-state index contributed by atoms with van der Waals surface area (Å²) >= 11 is 0. The Labute approximate surface area is 59.9 Å². The molecule has 4 nitrogen and oxygen atoms in total. The molecule has 0 saturated carbocycles. The van der Waals surface area contributed by atoms with Gasteiger partial charge in [0.1, 0.15) is 0 Å². The van der Waals surface area contributed by atoms with E-state index < -0.39 is 12.1 Å². The summed E-state index contributed by atoms with van der Waals surface area (Å²) < 4.78 is 0. The quantitative estimate of drug-likeness (QED) is 0.446. The summed E-state index contributed by atoms with van der Waals surface area (Å²) in [6.07, 6.45) is -0.582. The van der Waals surface area contributed by atoms with Crippen molar-refractivity contribution in [2.24, 2.45) is 0 Å². The van der Waals surface area contributed by atoms with E-state index in [0.717, 1.165) is 0 Å². The topological polar surface area (TPSA) is 69.6 Å². The van der Waals surface area contributed by atoms with Gasteiger partial charge >= 0.3 is 5.97 Å². The van der Waals surface area contributed by atoms with E-state index >= 15 is 0 Å². The first-order valence-electron chi connectivity index (χ1n) is 3.06. The van der Waals surface area contributed by atoms with Gasteiger partial charge in [0.2, 0.25) is 0 Å². The Kier molecular flexibility index (Phi) is 4.88. The lowest BCUT2D eigenvalue weighted by Gasteiger charge is -2.03. The molecule has 0 aliphatic rings. The smallest absolute Gasteiger partial charge is 0.304 e. The van der Waals surface area contributed by atoms with Gasteiger partial charge in [0.25, 0.3) is 0 Å². The van der Waals surface area contributed by atoms with Gasteiger partial charge in [0, 0.05) is 13.1 Å². The van der Waals surface area contributed by atoms with Crippen LogP contribution in [0.4, 0.5) is 0 Å². The van der Waals surface area contributed by atoms with Crippen molar-refractivity contribution in [2.45, 2.75) is 12.5 Å². The van der Waals surface area contributed by atoms with Gasteiger partial charge in [-0.15, -0.1) is 0 Å². The molecule has 0 aromatic rings. The van der Waals surface area contributed by atoms with Crippen molar-refractivity contribution in [3.8, 4) is 0 Å². The third-order valence-electron chi connectivity index (χ3n) is 0.896. The predicted molar refractivity (Wildman–Crippen MR) is 36.5 cm³/mol. The van der Waals surface area contributed by atoms with Crippen molar-refractivity contribution in [3.63, 3.8) is 0 Å². The summed E-state index contributed by atoms with van der Waals surface area (Å²) in [5.41, 5.74) is 0. The highest BCUT2D eigenvalue weighted by Gasteiger charge is 1.96. The zero-order valence-corrected chi connectivity index (χ0v) is 5.71. The number of aliphatic hydroxyl groups excluding tert-OH is 1. The molecule has 0 aromatic carbocycles. The van der Waals surface area contributed by atoms with Crippen molar-refractivity contribution in [1.29, 1.82) is 0 Å². The van der Waals surface area contributed by atoms with E-state index in [1.165, 1.54) is 0 Å². The second kappa shape index (κ2) is 5.20. The molecule has 0 spiro atoms. The summed E-state index contributed by atoms with van der Waals surface area (Å²) in [5, 5.41) is 19.5.